The van der Waals surface area contributed by atoms with Gasteiger partial charge in [-0.1, -0.05) is 0 Å². The first-order valence-corrected chi connectivity index (χ1v) is 10.3. The van der Waals surface area contributed by atoms with Crippen LogP contribution in [-0.4, -0.2) is 42.7 Å². The van der Waals surface area contributed by atoms with Gasteiger partial charge in [0.15, 0.2) is 0 Å². The molecule has 0 aromatic rings. The summed E-state index contributed by atoms with van der Waals surface area (Å²) in [6.07, 6.45) is 0. The topological polar surface area (TPSA) is 0 Å². The van der Waals surface area contributed by atoms with Gasteiger partial charge < -0.3 is 4.11 Å². The van der Waals surface area contributed by atoms with Gasteiger partial charge in [-0.15, -0.1) is 0 Å². The van der Waals surface area contributed by atoms with Gasteiger partial charge in [-0.05, 0) is 6.55 Å². The van der Waals surface area contributed by atoms with E-state index in [4.69, 9.17) is 0 Å². The van der Waals surface area contributed by atoms with Gasteiger partial charge in [0.05, 0.1) is 10.2 Å². The van der Waals surface area contributed by atoms with Gasteiger partial charge in [-0.2, -0.15) is 0 Å². The van der Waals surface area contributed by atoms with Crippen LogP contribution < -0.4 is 0 Å². The predicted molar refractivity (Wildman–Crippen MR) is 47.3 cm³/mol. The van der Waals surface area contributed by atoms with Crippen molar-refractivity contribution in [2.75, 3.05) is 0 Å². The van der Waals surface area contributed by atoms with Crippen LogP contribution in [0.15, 0.2) is 0 Å². The maximum atomic E-state index is 10.4. The maximum absolute atomic E-state index is 10.4. The van der Waals surface area contributed by atoms with Crippen LogP contribution in [0.25, 0.3) is 0 Å². The molecule has 0 aliphatic heterocycles. The number of rotatable bonds is 0. The first-order valence-electron chi connectivity index (χ1n) is 2.99. The Bertz CT molecular complexity index is 28.3. The van der Waals surface area contributed by atoms with Crippen LogP contribution in [0.1, 0.15) is 0 Å². The predicted octanol–water partition coefficient (Wildman–Crippen LogP) is -0.938. The van der Waals surface area contributed by atoms with E-state index in [9.17, 15) is 12.9 Å². The van der Waals surface area contributed by atoms with Crippen molar-refractivity contribution in [1.82, 2.24) is 0 Å². The molecule has 0 nitrogen and oxygen atoms in total. The van der Waals surface area contributed by atoms with Gasteiger partial charge in [0, 0.05) is 0 Å². The Balaban J connectivity index is -0.0000000646. The monoisotopic (exact) mass is 238 g/mol. The molecule has 0 unspecified atom stereocenters. The molecule has 0 aromatic heterocycles. The third kappa shape index (κ3) is 683. The molecule has 0 aliphatic rings. The Hall–Kier alpha value is 0.767. The Morgan fingerprint density at radius 1 is 1.44 bits per heavy atom. The van der Waals surface area contributed by atoms with Crippen molar-refractivity contribution in [3.05, 3.63) is 0 Å². The van der Waals surface area contributed by atoms with Crippen molar-refractivity contribution in [3.8, 4) is 0 Å². The number of hydrogen-bond donors (Lipinski definition) is 0. The van der Waals surface area contributed by atoms with E-state index >= 15 is 0 Å². The third-order valence-electron chi connectivity index (χ3n) is 0. The first-order chi connectivity index (χ1) is 4.15. The number of halogens is 3. The van der Waals surface area contributed by atoms with Gasteiger partial charge in [0.2, 0.25) is 15.9 Å². The molecule has 0 amide bonds. The van der Waals surface area contributed by atoms with Crippen LogP contribution in [-0.2, 0) is 0 Å². The molecular weight excluding hydrogens is 222 g/mol. The second kappa shape index (κ2) is 23.3. The summed E-state index contributed by atoms with van der Waals surface area (Å²) in [7, 11) is -1.07. The second-order valence-corrected chi connectivity index (χ2v) is 2.19. The van der Waals surface area contributed by atoms with E-state index in [-0.39, 0.29) is 10.2 Å². The average molecular weight is 237 g/mol. The van der Waals surface area contributed by atoms with Gasteiger partial charge in [0.25, 0.3) is 0 Å². The Labute approximate surface area is 68.2 Å². The fourth-order valence-electron chi connectivity index (χ4n) is 0. The molecule has 0 spiro atoms. The standard InChI is InChI=1S/CH4F2Si.CH5FSi.CH6Ge/c2-1(3)4;1-3-2;1-2/h1H,4H3;3H2,1H3;1-2H3. The summed E-state index contributed by atoms with van der Waals surface area (Å²) in [5.41, 5.74) is 0. The summed E-state index contributed by atoms with van der Waals surface area (Å²) in [6, 6.07) is -2.03. The molecule has 60 valence electrons. The third-order valence-corrected chi connectivity index (χ3v) is 0. The molecule has 0 radical (unpaired) electrons. The summed E-state index contributed by atoms with van der Waals surface area (Å²) < 4.78 is 31.2. The first kappa shape index (κ1) is 16.4. The SMILES string of the molecule is C[SiH2]F.FC(F)[SiH3].[CH3][GeH3]. The van der Waals surface area contributed by atoms with Crippen LogP contribution in [0.3, 0.4) is 0 Å². The van der Waals surface area contributed by atoms with Crippen molar-refractivity contribution >= 4 is 36.6 Å². The molecule has 9 heavy (non-hydrogen) atoms. The average Bonchev–Trinajstić information content (AvgIpc) is 1.71. The van der Waals surface area contributed by atoms with Crippen molar-refractivity contribution in [2.24, 2.45) is 0 Å². The molecule has 0 aromatic carbocycles. The molecule has 0 rings (SSSR count). The molecule has 0 fully saturated rings. The molecule has 0 saturated heterocycles. The zero-order valence-corrected chi connectivity index (χ0v) is 14.0. The van der Waals surface area contributed by atoms with Gasteiger partial charge in [0.1, 0.15) is 0 Å². The summed E-state index contributed by atoms with van der Waals surface area (Å²) in [6.45, 7) is 1.60. The summed E-state index contributed by atoms with van der Waals surface area (Å²) in [4.78, 5) is 0. The fraction of sp³-hybridized carbons (Fsp3) is 1.00. The van der Waals surface area contributed by atoms with Crippen molar-refractivity contribution in [3.63, 3.8) is 0 Å². The Morgan fingerprint density at radius 2 is 1.44 bits per heavy atom. The van der Waals surface area contributed by atoms with E-state index in [0.717, 1.165) is 16.5 Å². The van der Waals surface area contributed by atoms with Crippen molar-refractivity contribution in [1.29, 1.82) is 0 Å². The van der Waals surface area contributed by atoms with Crippen LogP contribution in [0.4, 0.5) is 12.9 Å². The summed E-state index contributed by atoms with van der Waals surface area (Å²) >= 11 is 1.06. The zero-order chi connectivity index (χ0) is 8.28. The molecule has 0 saturated carbocycles. The van der Waals surface area contributed by atoms with E-state index in [1.807, 2.05) is 0 Å². The summed E-state index contributed by atoms with van der Waals surface area (Å²) in [5.74, 6) is 2.19. The molecule has 0 heterocycles. The fourth-order valence-corrected chi connectivity index (χ4v) is 0. The quantitative estimate of drug-likeness (QED) is 0.377. The van der Waals surface area contributed by atoms with Crippen molar-refractivity contribution < 1.29 is 12.9 Å². The normalized spacial score (nSPS) is 8.67. The van der Waals surface area contributed by atoms with E-state index in [1.165, 1.54) is 0 Å². The van der Waals surface area contributed by atoms with Crippen LogP contribution in [0, 0.1) is 0 Å². The molecule has 0 bridgehead atoms. The minimum atomic E-state index is -2.03. The van der Waals surface area contributed by atoms with E-state index in [1.54, 1.807) is 6.55 Å². The van der Waals surface area contributed by atoms with Gasteiger partial charge >= 0.3 is 22.3 Å². The van der Waals surface area contributed by atoms with Gasteiger partial charge in [-0.25, -0.2) is 8.78 Å². The van der Waals surface area contributed by atoms with E-state index in [2.05, 4.69) is 5.76 Å². The van der Waals surface area contributed by atoms with E-state index < -0.39 is 15.9 Å². The second-order valence-electron chi connectivity index (χ2n) is 0.786. The summed E-state index contributed by atoms with van der Waals surface area (Å²) in [5, 5.41) is 0. The molecule has 0 N–H and O–H groups in total. The van der Waals surface area contributed by atoms with Crippen LogP contribution in [0.5, 0.6) is 0 Å². The number of hydrogen-bond acceptors (Lipinski definition) is 0. The molecule has 0 aliphatic carbocycles. The van der Waals surface area contributed by atoms with Crippen LogP contribution in [0.2, 0.25) is 12.3 Å². The van der Waals surface area contributed by atoms with Crippen LogP contribution >= 0.6 is 0 Å². The molecule has 0 atom stereocenters. The minimum absolute atomic E-state index is 0.0154. The van der Waals surface area contributed by atoms with Gasteiger partial charge in [-0.3, -0.25) is 0 Å². The number of alkyl halides is 2. The Morgan fingerprint density at radius 3 is 1.44 bits per heavy atom. The van der Waals surface area contributed by atoms with E-state index in [0.29, 0.717) is 0 Å². The zero-order valence-electron chi connectivity index (χ0n) is 6.42. The van der Waals surface area contributed by atoms with Crippen molar-refractivity contribution in [2.45, 2.75) is 18.4 Å². The Kier molecular flexibility index (Phi) is 42.4. The molecule has 6 heteroatoms. The molecular formula is C3H15F3GeSi2.